The van der Waals surface area contributed by atoms with Gasteiger partial charge in [-0.25, -0.2) is 4.68 Å². The van der Waals surface area contributed by atoms with Crippen molar-refractivity contribution in [2.24, 2.45) is 0 Å². The second-order valence-electron chi connectivity index (χ2n) is 9.12. The van der Waals surface area contributed by atoms with Gasteiger partial charge in [-0.15, -0.1) is 11.3 Å². The number of benzene rings is 3. The molecule has 5 aromatic rings. The first kappa shape index (κ1) is 24.6. The zero-order valence-electron chi connectivity index (χ0n) is 21.3. The van der Waals surface area contributed by atoms with Gasteiger partial charge in [-0.1, -0.05) is 30.3 Å². The maximum absolute atomic E-state index is 14.0. The van der Waals surface area contributed by atoms with E-state index in [2.05, 4.69) is 5.10 Å². The lowest BCUT2D eigenvalue weighted by Crippen LogP contribution is -2.40. The molecule has 194 valence electrons. The number of aryl methyl sites for hydroxylation is 1. The Balaban J connectivity index is 1.34. The fourth-order valence-electron chi connectivity index (χ4n) is 4.78. The predicted octanol–water partition coefficient (Wildman–Crippen LogP) is 5.35. The second-order valence-corrected chi connectivity index (χ2v) is 10.2. The van der Waals surface area contributed by atoms with Gasteiger partial charge in [0.25, 0.3) is 17.7 Å². The summed E-state index contributed by atoms with van der Waals surface area (Å²) in [5.74, 6) is -0.264. The topological polar surface area (TPSA) is 84.7 Å². The van der Waals surface area contributed by atoms with E-state index in [9.17, 15) is 14.4 Å². The summed E-state index contributed by atoms with van der Waals surface area (Å²) in [5, 5.41) is 5.58. The van der Waals surface area contributed by atoms with Gasteiger partial charge in [-0.2, -0.15) is 5.10 Å². The number of fused-ring (bicyclic) bond motifs is 2. The molecule has 8 nitrogen and oxygen atoms in total. The Morgan fingerprint density at radius 1 is 0.923 bits per heavy atom. The minimum absolute atomic E-state index is 0.0613. The first-order valence-electron chi connectivity index (χ1n) is 12.4. The van der Waals surface area contributed by atoms with Crippen LogP contribution in [0.4, 0.5) is 5.69 Å². The summed E-state index contributed by atoms with van der Waals surface area (Å²) >= 11 is 1.36. The van der Waals surface area contributed by atoms with Crippen molar-refractivity contribution in [3.8, 4) is 11.4 Å². The molecule has 0 fully saturated rings. The van der Waals surface area contributed by atoms with Gasteiger partial charge in [0, 0.05) is 24.2 Å². The molecule has 3 amide bonds. The fourth-order valence-corrected chi connectivity index (χ4v) is 5.91. The van der Waals surface area contributed by atoms with Crippen LogP contribution >= 0.6 is 11.3 Å². The van der Waals surface area contributed by atoms with E-state index in [1.54, 1.807) is 60.5 Å². The van der Waals surface area contributed by atoms with Crippen molar-refractivity contribution in [2.45, 2.75) is 6.92 Å². The molecular weight excluding hydrogens is 512 g/mol. The van der Waals surface area contributed by atoms with Crippen LogP contribution in [0.2, 0.25) is 0 Å². The lowest BCUT2D eigenvalue weighted by molar-refractivity contribution is 0.0654. The molecule has 3 aromatic carbocycles. The lowest BCUT2D eigenvalue weighted by Gasteiger charge is -2.25. The quantitative estimate of drug-likeness (QED) is 0.262. The molecule has 0 saturated carbocycles. The summed E-state index contributed by atoms with van der Waals surface area (Å²) in [4.78, 5) is 44.1. The van der Waals surface area contributed by atoms with Crippen molar-refractivity contribution >= 4 is 45.0 Å². The Kier molecular flexibility index (Phi) is 6.20. The first-order chi connectivity index (χ1) is 19.0. The van der Waals surface area contributed by atoms with E-state index in [1.807, 2.05) is 48.0 Å². The number of aromatic nitrogens is 2. The zero-order valence-corrected chi connectivity index (χ0v) is 22.1. The molecule has 0 spiro atoms. The van der Waals surface area contributed by atoms with Crippen LogP contribution in [0.15, 0.2) is 84.9 Å². The van der Waals surface area contributed by atoms with Gasteiger partial charge in [0.1, 0.15) is 10.6 Å². The molecule has 0 aliphatic carbocycles. The van der Waals surface area contributed by atoms with Crippen molar-refractivity contribution in [3.05, 3.63) is 107 Å². The summed E-state index contributed by atoms with van der Waals surface area (Å²) in [6.07, 6.45) is 0. The van der Waals surface area contributed by atoms with Crippen LogP contribution in [0, 0.1) is 6.92 Å². The number of methoxy groups -OCH3 is 1. The van der Waals surface area contributed by atoms with E-state index < -0.39 is 0 Å². The summed E-state index contributed by atoms with van der Waals surface area (Å²) in [6, 6.07) is 25.6. The van der Waals surface area contributed by atoms with Crippen molar-refractivity contribution in [1.29, 1.82) is 0 Å². The van der Waals surface area contributed by atoms with Gasteiger partial charge in [-0.3, -0.25) is 19.3 Å². The van der Waals surface area contributed by atoms with Gasteiger partial charge in [0.05, 0.1) is 34.5 Å². The molecule has 0 radical (unpaired) electrons. The number of carbonyl (C=O) groups excluding carboxylic acids is 3. The molecular formula is C30H24N4O4S. The lowest BCUT2D eigenvalue weighted by atomic mass is 10.1. The van der Waals surface area contributed by atoms with Crippen LogP contribution in [0.1, 0.15) is 36.1 Å². The Labute approximate surface area is 228 Å². The van der Waals surface area contributed by atoms with Crippen LogP contribution in [-0.4, -0.2) is 52.6 Å². The molecule has 0 unspecified atom stereocenters. The molecule has 9 heteroatoms. The SMILES string of the molecule is COc1ccc(N(CCN2C(=O)c3ccccc3C2=O)C(=O)c2cc3c(C)nn(-c4ccccc4)c3s2)cc1. The zero-order chi connectivity index (χ0) is 27.1. The minimum atomic E-state index is -0.349. The van der Waals surface area contributed by atoms with Gasteiger partial charge < -0.3 is 9.64 Å². The number of rotatable bonds is 7. The molecule has 2 aromatic heterocycles. The molecule has 6 rings (SSSR count). The molecule has 0 bridgehead atoms. The summed E-state index contributed by atoms with van der Waals surface area (Å²) in [5.41, 5.74) is 3.14. The molecule has 0 saturated heterocycles. The minimum Gasteiger partial charge on any atom is -0.497 e. The van der Waals surface area contributed by atoms with Crippen LogP contribution in [0.3, 0.4) is 0 Å². The highest BCUT2D eigenvalue weighted by atomic mass is 32.1. The maximum Gasteiger partial charge on any atom is 0.268 e. The second kappa shape index (κ2) is 9.85. The molecule has 1 aliphatic rings. The van der Waals surface area contributed by atoms with Crippen LogP contribution in [-0.2, 0) is 0 Å². The van der Waals surface area contributed by atoms with Crippen molar-refractivity contribution in [2.75, 3.05) is 25.1 Å². The third-order valence-electron chi connectivity index (χ3n) is 6.81. The number of nitrogens with zero attached hydrogens (tertiary/aromatic N) is 4. The van der Waals surface area contributed by atoms with E-state index in [1.165, 1.54) is 16.2 Å². The van der Waals surface area contributed by atoms with Gasteiger partial charge in [-0.05, 0) is 61.5 Å². The van der Waals surface area contributed by atoms with Crippen molar-refractivity contribution in [1.82, 2.24) is 14.7 Å². The smallest absolute Gasteiger partial charge is 0.268 e. The number of carbonyl (C=O) groups is 3. The van der Waals surface area contributed by atoms with E-state index >= 15 is 0 Å². The Morgan fingerprint density at radius 2 is 1.56 bits per heavy atom. The third kappa shape index (κ3) is 4.26. The van der Waals surface area contributed by atoms with E-state index in [0.29, 0.717) is 27.4 Å². The number of imide groups is 1. The molecule has 3 heterocycles. The van der Waals surface area contributed by atoms with E-state index in [0.717, 1.165) is 21.6 Å². The number of hydrogen-bond donors (Lipinski definition) is 0. The van der Waals surface area contributed by atoms with Crippen molar-refractivity contribution < 1.29 is 19.1 Å². The highest BCUT2D eigenvalue weighted by Crippen LogP contribution is 2.32. The number of anilines is 1. The monoisotopic (exact) mass is 536 g/mol. The van der Waals surface area contributed by atoms with E-state index in [-0.39, 0.29) is 30.8 Å². The first-order valence-corrected chi connectivity index (χ1v) is 13.2. The van der Waals surface area contributed by atoms with E-state index in [4.69, 9.17) is 4.74 Å². The van der Waals surface area contributed by atoms with Crippen LogP contribution in [0.5, 0.6) is 5.75 Å². The summed E-state index contributed by atoms with van der Waals surface area (Å²) in [7, 11) is 1.58. The number of amides is 3. The Hall–Kier alpha value is -4.76. The summed E-state index contributed by atoms with van der Waals surface area (Å²) in [6.45, 7) is 2.12. The molecule has 1 aliphatic heterocycles. The number of ether oxygens (including phenoxy) is 1. The Bertz CT molecular complexity index is 1690. The largest absolute Gasteiger partial charge is 0.497 e. The standard InChI is InChI=1S/C30H24N4O4S/c1-19-25-18-26(39-30(25)34(31-19)21-8-4-3-5-9-21)29(37)32(20-12-14-22(38-2)15-13-20)16-17-33-27(35)23-10-6-7-11-24(23)28(33)36/h3-15,18H,16-17H2,1-2H3. The highest BCUT2D eigenvalue weighted by molar-refractivity contribution is 7.20. The fraction of sp³-hybridized carbons (Fsp3) is 0.133. The maximum atomic E-state index is 14.0. The average molecular weight is 537 g/mol. The number of thiophene rings is 1. The predicted molar refractivity (Wildman–Crippen MR) is 150 cm³/mol. The van der Waals surface area contributed by atoms with Crippen LogP contribution < -0.4 is 9.64 Å². The van der Waals surface area contributed by atoms with Crippen LogP contribution in [0.25, 0.3) is 15.9 Å². The van der Waals surface area contributed by atoms with Gasteiger partial charge in [0.2, 0.25) is 0 Å². The normalized spacial score (nSPS) is 12.7. The van der Waals surface area contributed by atoms with Gasteiger partial charge >= 0.3 is 0 Å². The Morgan fingerprint density at radius 3 is 2.21 bits per heavy atom. The molecule has 39 heavy (non-hydrogen) atoms. The average Bonchev–Trinajstić information content (AvgIpc) is 3.62. The molecule has 0 N–H and O–H groups in total. The third-order valence-corrected chi connectivity index (χ3v) is 7.91. The number of hydrogen-bond acceptors (Lipinski definition) is 6. The molecule has 0 atom stereocenters. The number of para-hydroxylation sites is 1. The van der Waals surface area contributed by atoms with Crippen molar-refractivity contribution in [3.63, 3.8) is 0 Å². The highest BCUT2D eigenvalue weighted by Gasteiger charge is 2.35. The van der Waals surface area contributed by atoms with Gasteiger partial charge in [0.15, 0.2) is 0 Å². The summed E-state index contributed by atoms with van der Waals surface area (Å²) < 4.78 is 7.14.